The van der Waals surface area contributed by atoms with Crippen molar-refractivity contribution in [3.8, 4) is 5.69 Å². The number of anilines is 1. The van der Waals surface area contributed by atoms with E-state index < -0.39 is 24.0 Å². The van der Waals surface area contributed by atoms with Crippen LogP contribution in [0, 0.1) is 6.92 Å². The van der Waals surface area contributed by atoms with Gasteiger partial charge in [-0.2, -0.15) is 5.10 Å². The number of methoxy groups -OCH3 is 2. The first kappa shape index (κ1) is 27.0. The number of hydrazine groups is 1. The molecule has 1 heterocycles. The molecule has 1 aromatic heterocycles. The molecule has 0 aliphatic heterocycles. The fraction of sp³-hybridized carbons (Fsp3) is 0.136. The number of carbonyl (C=O) groups excluding carboxylic acids is 4. The lowest BCUT2D eigenvalue weighted by atomic mass is 10.1. The Bertz CT molecular complexity index is 1350. The summed E-state index contributed by atoms with van der Waals surface area (Å²) < 4.78 is 10.7. The molecule has 11 nitrogen and oxygen atoms in total. The first-order chi connectivity index (χ1) is 17.1. The van der Waals surface area contributed by atoms with Crippen molar-refractivity contribution in [2.24, 2.45) is 0 Å². The van der Waals surface area contributed by atoms with E-state index in [2.05, 4.69) is 41.2 Å². The van der Waals surface area contributed by atoms with Crippen LogP contribution in [0.15, 0.2) is 47.1 Å². The molecule has 0 fully saturated rings. The molecule has 2 N–H and O–H groups in total. The van der Waals surface area contributed by atoms with Crippen molar-refractivity contribution < 1.29 is 28.7 Å². The van der Waals surface area contributed by atoms with E-state index in [4.69, 9.17) is 23.2 Å². The molecule has 36 heavy (non-hydrogen) atoms. The number of rotatable bonds is 4. The average Bonchev–Trinajstić information content (AvgIpc) is 3.24. The molecule has 0 aliphatic rings. The van der Waals surface area contributed by atoms with E-state index in [1.54, 1.807) is 31.2 Å². The molecule has 3 aromatic rings. The number of nitrogens with one attached hydrogen (secondary N) is 2. The van der Waals surface area contributed by atoms with Crippen LogP contribution in [0.5, 0.6) is 0 Å². The Hall–Kier alpha value is -3.61. The summed E-state index contributed by atoms with van der Waals surface area (Å²) >= 11 is 15.7. The van der Waals surface area contributed by atoms with E-state index in [-0.39, 0.29) is 27.0 Å². The molecule has 4 amide bonds. The van der Waals surface area contributed by atoms with Gasteiger partial charge >= 0.3 is 12.2 Å². The maximum Gasteiger partial charge on any atom is 0.438 e. The van der Waals surface area contributed by atoms with Gasteiger partial charge in [-0.15, -0.1) is 5.01 Å². The van der Waals surface area contributed by atoms with Gasteiger partial charge in [0.1, 0.15) is 10.3 Å². The first-order valence-corrected chi connectivity index (χ1v) is 11.5. The second-order valence-corrected chi connectivity index (χ2v) is 8.69. The van der Waals surface area contributed by atoms with Crippen LogP contribution in [0.2, 0.25) is 10.0 Å². The Morgan fingerprint density at radius 3 is 2.25 bits per heavy atom. The Kier molecular flexibility index (Phi) is 8.56. The number of aryl methyl sites for hydroxylation is 1. The monoisotopic (exact) mass is 597 g/mol. The van der Waals surface area contributed by atoms with Crippen LogP contribution < -0.4 is 10.7 Å². The number of imide groups is 1. The van der Waals surface area contributed by atoms with E-state index in [0.29, 0.717) is 20.9 Å². The molecule has 188 valence electrons. The van der Waals surface area contributed by atoms with E-state index >= 15 is 0 Å². The van der Waals surface area contributed by atoms with Crippen molar-refractivity contribution in [3.63, 3.8) is 0 Å². The molecule has 0 atom stereocenters. The molecule has 14 heteroatoms. The van der Waals surface area contributed by atoms with Gasteiger partial charge in [-0.05, 0) is 52.7 Å². The highest BCUT2D eigenvalue weighted by atomic mass is 79.9. The molecule has 0 unspecified atom stereocenters. The summed E-state index contributed by atoms with van der Waals surface area (Å²) in [4.78, 5) is 50.2. The average molecular weight is 599 g/mol. The zero-order valence-electron chi connectivity index (χ0n) is 19.0. The number of halogens is 3. The smallest absolute Gasteiger partial charge is 0.438 e. The predicted molar refractivity (Wildman–Crippen MR) is 135 cm³/mol. The van der Waals surface area contributed by atoms with Gasteiger partial charge in [0.05, 0.1) is 36.2 Å². The van der Waals surface area contributed by atoms with Gasteiger partial charge < -0.3 is 14.8 Å². The normalized spacial score (nSPS) is 10.4. The third-order valence-electron chi connectivity index (χ3n) is 4.70. The van der Waals surface area contributed by atoms with Crippen LogP contribution in [0.3, 0.4) is 0 Å². The highest BCUT2D eigenvalue weighted by Gasteiger charge is 2.28. The fourth-order valence-electron chi connectivity index (χ4n) is 3.10. The van der Waals surface area contributed by atoms with Gasteiger partial charge in [0.25, 0.3) is 11.8 Å². The van der Waals surface area contributed by atoms with E-state index in [1.165, 1.54) is 22.9 Å². The van der Waals surface area contributed by atoms with E-state index in [0.717, 1.165) is 14.2 Å². The zero-order valence-corrected chi connectivity index (χ0v) is 22.1. The maximum atomic E-state index is 13.3. The number of amides is 4. The minimum atomic E-state index is -1.20. The lowest BCUT2D eigenvalue weighted by Gasteiger charge is -2.20. The maximum absolute atomic E-state index is 13.3. The minimum Gasteiger partial charge on any atom is -0.451 e. The molecular weight excluding hydrogens is 581 g/mol. The van der Waals surface area contributed by atoms with E-state index in [9.17, 15) is 19.2 Å². The Morgan fingerprint density at radius 1 is 1.00 bits per heavy atom. The molecule has 2 aromatic carbocycles. The second kappa shape index (κ2) is 11.4. The second-order valence-electron chi connectivity index (χ2n) is 7.03. The Labute approximate surface area is 223 Å². The van der Waals surface area contributed by atoms with Crippen molar-refractivity contribution in [1.82, 2.24) is 20.2 Å². The standard InChI is InChI=1S/C22H18BrCl2N5O6/c1-11-8-12(24)9-13(19(31)28-30(21(33)35-2)22(34)36-3)18(11)26-20(32)16-10-17(23)27-29(16)15-7-5-4-6-14(15)25/h4-10H,1-3H3,(H,26,32)(H,28,31). The van der Waals surface area contributed by atoms with Crippen molar-refractivity contribution in [2.75, 3.05) is 19.5 Å². The van der Waals surface area contributed by atoms with Crippen LogP contribution in [-0.2, 0) is 9.47 Å². The quantitative estimate of drug-likeness (QED) is 0.405. The lowest BCUT2D eigenvalue weighted by molar-refractivity contribution is 0.0636. The molecular formula is C22H18BrCl2N5O6. The Balaban J connectivity index is 2.00. The highest BCUT2D eigenvalue weighted by molar-refractivity contribution is 9.10. The zero-order chi connectivity index (χ0) is 26.6. The number of benzene rings is 2. The first-order valence-electron chi connectivity index (χ1n) is 9.96. The SMILES string of the molecule is COC(=O)N(NC(=O)c1cc(Cl)cc(C)c1NC(=O)c1cc(Br)nn1-c1ccccc1Cl)C(=O)OC. The number of carbonyl (C=O) groups is 4. The minimum absolute atomic E-state index is 0.0691. The summed E-state index contributed by atoms with van der Waals surface area (Å²) in [6.45, 7) is 1.61. The highest BCUT2D eigenvalue weighted by Crippen LogP contribution is 2.28. The van der Waals surface area contributed by atoms with Gasteiger partial charge in [-0.3, -0.25) is 9.59 Å². The van der Waals surface area contributed by atoms with Gasteiger partial charge in [0.15, 0.2) is 0 Å². The van der Waals surface area contributed by atoms with Crippen LogP contribution in [0.1, 0.15) is 26.4 Å². The van der Waals surface area contributed by atoms with Crippen molar-refractivity contribution in [3.05, 3.63) is 73.9 Å². The Morgan fingerprint density at radius 2 is 1.64 bits per heavy atom. The van der Waals surface area contributed by atoms with Crippen molar-refractivity contribution >= 4 is 68.8 Å². The van der Waals surface area contributed by atoms with Gasteiger partial charge in [-0.1, -0.05) is 35.3 Å². The molecule has 0 saturated carbocycles. The fourth-order valence-corrected chi connectivity index (χ4v) is 3.96. The van der Waals surface area contributed by atoms with E-state index in [1.807, 2.05) is 0 Å². The number of hydrogen-bond acceptors (Lipinski definition) is 7. The summed E-state index contributed by atoms with van der Waals surface area (Å²) in [6.07, 6.45) is -2.40. The van der Waals surface area contributed by atoms with Crippen LogP contribution in [0.4, 0.5) is 15.3 Å². The van der Waals surface area contributed by atoms with Crippen LogP contribution in [-0.4, -0.2) is 53.0 Å². The van der Waals surface area contributed by atoms with Crippen molar-refractivity contribution in [1.29, 1.82) is 0 Å². The third kappa shape index (κ3) is 5.78. The number of hydrogen-bond donors (Lipinski definition) is 2. The van der Waals surface area contributed by atoms with Gasteiger partial charge in [0, 0.05) is 11.1 Å². The predicted octanol–water partition coefficient (Wildman–Crippen LogP) is 4.98. The number of para-hydroxylation sites is 1. The lowest BCUT2D eigenvalue weighted by Crippen LogP contribution is -2.50. The summed E-state index contributed by atoms with van der Waals surface area (Å²) in [5.74, 6) is -1.59. The topological polar surface area (TPSA) is 132 Å². The number of aromatic nitrogens is 2. The molecule has 0 radical (unpaired) electrons. The molecule has 0 bridgehead atoms. The van der Waals surface area contributed by atoms with Crippen LogP contribution in [0.25, 0.3) is 5.69 Å². The summed E-state index contributed by atoms with van der Waals surface area (Å²) in [6, 6.07) is 11.0. The molecule has 0 saturated heterocycles. The number of ether oxygens (including phenoxy) is 2. The van der Waals surface area contributed by atoms with Crippen LogP contribution >= 0.6 is 39.1 Å². The number of nitrogens with zero attached hydrogens (tertiary/aromatic N) is 3. The molecule has 3 rings (SSSR count). The summed E-state index contributed by atoms with van der Waals surface area (Å²) in [5, 5.41) is 7.70. The van der Waals surface area contributed by atoms with Crippen molar-refractivity contribution in [2.45, 2.75) is 6.92 Å². The summed E-state index contributed by atoms with van der Waals surface area (Å²) in [7, 11) is 2.03. The third-order valence-corrected chi connectivity index (χ3v) is 5.63. The van der Waals surface area contributed by atoms with Gasteiger partial charge in [-0.25, -0.2) is 19.7 Å². The van der Waals surface area contributed by atoms with Gasteiger partial charge in [0.2, 0.25) is 0 Å². The largest absolute Gasteiger partial charge is 0.451 e. The molecule has 0 spiro atoms. The summed E-state index contributed by atoms with van der Waals surface area (Å²) in [5.41, 5.74) is 2.98. The molecule has 0 aliphatic carbocycles.